The first kappa shape index (κ1) is 18.5. The number of carbonyl (C=O) groups is 1. The van der Waals surface area contributed by atoms with Crippen LogP contribution in [0.15, 0.2) is 60.8 Å². The maximum atomic E-state index is 12.2. The van der Waals surface area contributed by atoms with E-state index in [0.29, 0.717) is 30.3 Å². The van der Waals surface area contributed by atoms with E-state index in [4.69, 9.17) is 0 Å². The van der Waals surface area contributed by atoms with E-state index in [9.17, 15) is 4.79 Å². The lowest BCUT2D eigenvalue weighted by atomic mass is 10.2. The van der Waals surface area contributed by atoms with Gasteiger partial charge in [0.25, 0.3) is 0 Å². The number of nitrogens with one attached hydrogen (secondary N) is 2. The van der Waals surface area contributed by atoms with Crippen molar-refractivity contribution in [1.29, 1.82) is 0 Å². The number of amides is 1. The van der Waals surface area contributed by atoms with E-state index in [1.807, 2.05) is 49.4 Å². The maximum absolute atomic E-state index is 12.2. The Kier molecular flexibility index (Phi) is 5.42. The van der Waals surface area contributed by atoms with Gasteiger partial charge in [-0.3, -0.25) is 4.79 Å². The molecule has 0 saturated heterocycles. The molecule has 0 atom stereocenters. The Morgan fingerprint density at radius 1 is 1.03 bits per heavy atom. The van der Waals surface area contributed by atoms with Crippen LogP contribution in [-0.2, 0) is 17.8 Å². The molecule has 0 saturated carbocycles. The van der Waals surface area contributed by atoms with Crippen molar-refractivity contribution >= 4 is 23.2 Å². The van der Waals surface area contributed by atoms with Gasteiger partial charge in [-0.05, 0) is 42.3 Å². The van der Waals surface area contributed by atoms with Crippen LogP contribution in [0.4, 0.5) is 11.6 Å². The summed E-state index contributed by atoms with van der Waals surface area (Å²) in [5.74, 6) is 1.77. The monoisotopic (exact) mass is 387 g/mol. The van der Waals surface area contributed by atoms with E-state index in [1.165, 1.54) is 5.56 Å². The highest BCUT2D eigenvalue weighted by atomic mass is 16.1. The topological polar surface area (TPSA) is 97.1 Å². The number of aryl methyl sites for hydroxylation is 2. The average Bonchev–Trinajstić information content (AvgIpc) is 3.14. The number of carbonyl (C=O) groups excluding carboxylic acids is 1. The van der Waals surface area contributed by atoms with Crippen LogP contribution in [0.2, 0.25) is 0 Å². The second-order valence-corrected chi connectivity index (χ2v) is 6.71. The largest absolute Gasteiger partial charge is 0.365 e. The first-order valence-electron chi connectivity index (χ1n) is 9.39. The van der Waals surface area contributed by atoms with Crippen molar-refractivity contribution in [3.63, 3.8) is 0 Å². The quantitative estimate of drug-likeness (QED) is 0.506. The molecule has 8 nitrogen and oxygen atoms in total. The van der Waals surface area contributed by atoms with Crippen molar-refractivity contribution in [3.8, 4) is 0 Å². The van der Waals surface area contributed by atoms with Gasteiger partial charge in [-0.25, -0.2) is 4.98 Å². The molecule has 4 aromatic rings. The molecule has 0 aliphatic heterocycles. The zero-order valence-electron chi connectivity index (χ0n) is 16.0. The second-order valence-electron chi connectivity index (χ2n) is 6.71. The summed E-state index contributed by atoms with van der Waals surface area (Å²) in [5.41, 5.74) is 2.85. The van der Waals surface area contributed by atoms with Crippen LogP contribution in [0.5, 0.6) is 0 Å². The molecule has 29 heavy (non-hydrogen) atoms. The molecule has 0 spiro atoms. The third-order valence-corrected chi connectivity index (χ3v) is 4.40. The molecule has 1 aromatic carbocycles. The minimum Gasteiger partial charge on any atom is -0.365 e. The van der Waals surface area contributed by atoms with E-state index in [1.54, 1.807) is 10.7 Å². The number of hydrogen-bond donors (Lipinski definition) is 2. The van der Waals surface area contributed by atoms with E-state index >= 15 is 0 Å². The van der Waals surface area contributed by atoms with Crippen molar-refractivity contribution in [2.75, 3.05) is 10.6 Å². The van der Waals surface area contributed by atoms with Gasteiger partial charge in [0.15, 0.2) is 11.5 Å². The summed E-state index contributed by atoms with van der Waals surface area (Å²) in [5, 5.41) is 19.0. The van der Waals surface area contributed by atoms with Gasteiger partial charge >= 0.3 is 0 Å². The minimum absolute atomic E-state index is 0.127. The predicted octanol–water partition coefficient (Wildman–Crippen LogP) is 3.01. The van der Waals surface area contributed by atoms with Gasteiger partial charge in [0, 0.05) is 25.6 Å². The SMILES string of the molecule is Cc1ccnc(NC(=O)CCc2nnc3ccc(NCc4ccccc4)nn23)c1. The normalized spacial score (nSPS) is 10.8. The number of benzene rings is 1. The van der Waals surface area contributed by atoms with E-state index in [0.717, 1.165) is 11.4 Å². The molecule has 0 unspecified atom stereocenters. The van der Waals surface area contributed by atoms with Crippen molar-refractivity contribution < 1.29 is 4.79 Å². The van der Waals surface area contributed by atoms with Crippen molar-refractivity contribution in [1.82, 2.24) is 24.8 Å². The zero-order chi connectivity index (χ0) is 20.1. The molecule has 3 heterocycles. The average molecular weight is 387 g/mol. The molecule has 3 aromatic heterocycles. The molecule has 0 radical (unpaired) electrons. The summed E-state index contributed by atoms with van der Waals surface area (Å²) in [6.45, 7) is 2.62. The van der Waals surface area contributed by atoms with Gasteiger partial charge in [-0.2, -0.15) is 4.52 Å². The number of hydrogen-bond acceptors (Lipinski definition) is 6. The third-order valence-electron chi connectivity index (χ3n) is 4.40. The molecule has 8 heteroatoms. The Labute approximate surface area is 168 Å². The molecule has 2 N–H and O–H groups in total. The smallest absolute Gasteiger partial charge is 0.225 e. The molecule has 0 bridgehead atoms. The standard InChI is InChI=1S/C21H21N7O/c1-15-11-12-22-18(13-15)24-21(29)10-9-20-26-25-19-8-7-17(27-28(19)20)23-14-16-5-3-2-4-6-16/h2-8,11-13H,9-10,14H2,1H3,(H,23,27)(H,22,24,29). The number of aromatic nitrogens is 5. The third kappa shape index (κ3) is 4.73. The summed E-state index contributed by atoms with van der Waals surface area (Å²) in [6.07, 6.45) is 2.36. The van der Waals surface area contributed by atoms with Crippen molar-refractivity contribution in [3.05, 3.63) is 77.7 Å². The fourth-order valence-corrected chi connectivity index (χ4v) is 2.91. The summed E-state index contributed by atoms with van der Waals surface area (Å²) in [7, 11) is 0. The summed E-state index contributed by atoms with van der Waals surface area (Å²) in [6, 6.07) is 17.5. The number of rotatable bonds is 7. The highest BCUT2D eigenvalue weighted by molar-refractivity contribution is 5.89. The van der Waals surface area contributed by atoms with Gasteiger partial charge in [-0.15, -0.1) is 15.3 Å². The number of fused-ring (bicyclic) bond motifs is 1. The molecule has 0 aliphatic carbocycles. The van der Waals surface area contributed by atoms with Gasteiger partial charge < -0.3 is 10.6 Å². The highest BCUT2D eigenvalue weighted by Crippen LogP contribution is 2.11. The predicted molar refractivity (Wildman–Crippen MR) is 110 cm³/mol. The summed E-state index contributed by atoms with van der Waals surface area (Å²) in [4.78, 5) is 16.4. The van der Waals surface area contributed by atoms with E-state index in [-0.39, 0.29) is 12.3 Å². The lowest BCUT2D eigenvalue weighted by molar-refractivity contribution is -0.116. The van der Waals surface area contributed by atoms with Crippen LogP contribution in [0.25, 0.3) is 5.65 Å². The van der Waals surface area contributed by atoms with Crippen LogP contribution in [0.3, 0.4) is 0 Å². The Morgan fingerprint density at radius 2 is 1.90 bits per heavy atom. The van der Waals surface area contributed by atoms with Crippen molar-refractivity contribution in [2.24, 2.45) is 0 Å². The van der Waals surface area contributed by atoms with Crippen LogP contribution < -0.4 is 10.6 Å². The Balaban J connectivity index is 1.40. The molecule has 1 amide bonds. The number of anilines is 2. The van der Waals surface area contributed by atoms with Gasteiger partial charge in [-0.1, -0.05) is 30.3 Å². The maximum Gasteiger partial charge on any atom is 0.225 e. The van der Waals surface area contributed by atoms with Crippen LogP contribution in [0, 0.1) is 6.92 Å². The summed E-state index contributed by atoms with van der Waals surface area (Å²) < 4.78 is 1.67. The molecular formula is C21H21N7O. The molecule has 4 rings (SSSR count). The fourth-order valence-electron chi connectivity index (χ4n) is 2.91. The highest BCUT2D eigenvalue weighted by Gasteiger charge is 2.11. The van der Waals surface area contributed by atoms with Crippen LogP contribution in [0.1, 0.15) is 23.4 Å². The molecule has 146 valence electrons. The second kappa shape index (κ2) is 8.47. The molecule has 0 fully saturated rings. The zero-order valence-corrected chi connectivity index (χ0v) is 16.0. The Morgan fingerprint density at radius 3 is 2.72 bits per heavy atom. The van der Waals surface area contributed by atoms with E-state index in [2.05, 4.69) is 43.0 Å². The number of nitrogens with zero attached hydrogens (tertiary/aromatic N) is 5. The van der Waals surface area contributed by atoms with E-state index < -0.39 is 0 Å². The van der Waals surface area contributed by atoms with Gasteiger partial charge in [0.2, 0.25) is 5.91 Å². The first-order chi connectivity index (χ1) is 14.2. The fraction of sp³-hybridized carbons (Fsp3) is 0.190. The van der Waals surface area contributed by atoms with Crippen LogP contribution in [-0.4, -0.2) is 30.7 Å². The van der Waals surface area contributed by atoms with Gasteiger partial charge in [0.05, 0.1) is 0 Å². The first-order valence-corrected chi connectivity index (χ1v) is 9.39. The molecular weight excluding hydrogens is 366 g/mol. The molecule has 0 aliphatic rings. The lowest BCUT2D eigenvalue weighted by Crippen LogP contribution is -2.14. The number of pyridine rings is 1. The van der Waals surface area contributed by atoms with Gasteiger partial charge in [0.1, 0.15) is 11.6 Å². The Bertz CT molecular complexity index is 1120. The summed E-state index contributed by atoms with van der Waals surface area (Å²) >= 11 is 0. The van der Waals surface area contributed by atoms with Crippen molar-refractivity contribution in [2.45, 2.75) is 26.3 Å². The Hall–Kier alpha value is -3.81. The lowest BCUT2D eigenvalue weighted by Gasteiger charge is -2.07. The minimum atomic E-state index is -0.127. The van der Waals surface area contributed by atoms with Crippen LogP contribution >= 0.6 is 0 Å².